The van der Waals surface area contributed by atoms with Gasteiger partial charge in [0.05, 0.1) is 12.0 Å². The smallest absolute Gasteiger partial charge is 0.291 e. The zero-order chi connectivity index (χ0) is 16.2. The number of carbonyl (C=O) groups excluding carboxylic acids is 2. The lowest BCUT2D eigenvalue weighted by Crippen LogP contribution is -2.14. The zero-order valence-corrected chi connectivity index (χ0v) is 13.0. The van der Waals surface area contributed by atoms with Crippen LogP contribution in [0.25, 0.3) is 0 Å². The molecule has 2 amide bonds. The van der Waals surface area contributed by atoms with Crippen molar-refractivity contribution in [1.29, 1.82) is 0 Å². The number of benzene rings is 1. The molecule has 0 radical (unpaired) electrons. The number of aromatic nitrogens is 1. The van der Waals surface area contributed by atoms with Crippen molar-refractivity contribution >= 4 is 34.0 Å². The maximum atomic E-state index is 12.2. The van der Waals surface area contributed by atoms with Crippen LogP contribution in [0.5, 0.6) is 0 Å². The highest BCUT2D eigenvalue weighted by Crippen LogP contribution is 2.17. The summed E-state index contributed by atoms with van der Waals surface area (Å²) >= 11 is 1.36. The second-order valence-corrected chi connectivity index (χ2v) is 5.62. The van der Waals surface area contributed by atoms with Crippen molar-refractivity contribution in [2.75, 3.05) is 10.6 Å². The molecule has 0 fully saturated rings. The molecule has 0 saturated heterocycles. The van der Waals surface area contributed by atoms with Crippen LogP contribution >= 0.6 is 11.3 Å². The Bertz CT molecular complexity index is 840. The van der Waals surface area contributed by atoms with E-state index in [-0.39, 0.29) is 17.6 Å². The average Bonchev–Trinajstić information content (AvgIpc) is 3.19. The van der Waals surface area contributed by atoms with Gasteiger partial charge in [-0.15, -0.1) is 11.3 Å². The Hall–Kier alpha value is -2.93. The van der Waals surface area contributed by atoms with Gasteiger partial charge in [-0.1, -0.05) is 6.07 Å². The Labute approximate surface area is 136 Å². The molecule has 23 heavy (non-hydrogen) atoms. The molecule has 0 aliphatic carbocycles. The van der Waals surface area contributed by atoms with E-state index in [4.69, 9.17) is 4.42 Å². The summed E-state index contributed by atoms with van der Waals surface area (Å²) in [6.45, 7) is 1.86. The number of hydrogen-bond acceptors (Lipinski definition) is 5. The highest BCUT2D eigenvalue weighted by molar-refractivity contribution is 7.13. The van der Waals surface area contributed by atoms with E-state index in [1.165, 1.54) is 17.6 Å². The normalized spacial score (nSPS) is 10.3. The standard InChI is InChI=1S/C16H13N3O3S/c1-10-9-23-16(17-10)19-14(20)11-4-2-5-12(8-11)18-15(21)13-6-3-7-22-13/h2-9H,1H3,(H,18,21)(H,17,19,20). The van der Waals surface area contributed by atoms with Gasteiger partial charge in [0.15, 0.2) is 10.9 Å². The molecule has 7 heteroatoms. The van der Waals surface area contributed by atoms with Crippen molar-refractivity contribution in [2.24, 2.45) is 0 Å². The molecule has 0 spiro atoms. The number of anilines is 2. The van der Waals surface area contributed by atoms with Crippen molar-refractivity contribution < 1.29 is 14.0 Å². The summed E-state index contributed by atoms with van der Waals surface area (Å²) in [5.74, 6) is -0.449. The third-order valence-corrected chi connectivity index (χ3v) is 3.84. The summed E-state index contributed by atoms with van der Waals surface area (Å²) in [5, 5.41) is 7.80. The predicted octanol–water partition coefficient (Wildman–Crippen LogP) is 3.55. The zero-order valence-electron chi connectivity index (χ0n) is 12.2. The molecule has 2 heterocycles. The number of carbonyl (C=O) groups is 2. The van der Waals surface area contributed by atoms with Crippen molar-refractivity contribution in [3.8, 4) is 0 Å². The third-order valence-electron chi connectivity index (χ3n) is 2.97. The molecule has 1 aromatic carbocycles. The monoisotopic (exact) mass is 327 g/mol. The van der Waals surface area contributed by atoms with Crippen LogP contribution in [0, 0.1) is 6.92 Å². The van der Waals surface area contributed by atoms with Gasteiger partial charge in [-0.25, -0.2) is 4.98 Å². The van der Waals surface area contributed by atoms with E-state index >= 15 is 0 Å². The van der Waals surface area contributed by atoms with E-state index in [1.54, 1.807) is 36.4 Å². The van der Waals surface area contributed by atoms with Crippen LogP contribution in [0.2, 0.25) is 0 Å². The lowest BCUT2D eigenvalue weighted by Gasteiger charge is -2.06. The number of nitrogens with zero attached hydrogens (tertiary/aromatic N) is 1. The summed E-state index contributed by atoms with van der Waals surface area (Å²) in [7, 11) is 0. The van der Waals surface area contributed by atoms with Gasteiger partial charge >= 0.3 is 0 Å². The summed E-state index contributed by atoms with van der Waals surface area (Å²) < 4.78 is 5.03. The van der Waals surface area contributed by atoms with Crippen LogP contribution in [0.3, 0.4) is 0 Å². The Kier molecular flexibility index (Phi) is 4.20. The molecule has 0 aliphatic heterocycles. The first-order chi connectivity index (χ1) is 11.1. The van der Waals surface area contributed by atoms with E-state index < -0.39 is 0 Å². The maximum Gasteiger partial charge on any atom is 0.291 e. The fourth-order valence-electron chi connectivity index (χ4n) is 1.92. The summed E-state index contributed by atoms with van der Waals surface area (Å²) in [6.07, 6.45) is 1.43. The second-order valence-electron chi connectivity index (χ2n) is 4.76. The van der Waals surface area contributed by atoms with Gasteiger partial charge in [0.1, 0.15) is 0 Å². The SMILES string of the molecule is Cc1csc(NC(=O)c2cccc(NC(=O)c3ccco3)c2)n1. The van der Waals surface area contributed by atoms with Crippen LogP contribution in [0.4, 0.5) is 10.8 Å². The molecule has 0 saturated carbocycles. The minimum Gasteiger partial charge on any atom is -0.459 e. The number of furan rings is 1. The lowest BCUT2D eigenvalue weighted by atomic mass is 10.2. The Morgan fingerprint density at radius 2 is 2.00 bits per heavy atom. The summed E-state index contributed by atoms with van der Waals surface area (Å²) in [4.78, 5) is 28.3. The molecule has 3 aromatic rings. The van der Waals surface area contributed by atoms with E-state index in [2.05, 4.69) is 15.6 Å². The van der Waals surface area contributed by atoms with E-state index in [0.717, 1.165) is 5.69 Å². The number of aryl methyl sites for hydroxylation is 1. The molecule has 3 rings (SSSR count). The Morgan fingerprint density at radius 3 is 2.70 bits per heavy atom. The minimum atomic E-state index is -0.372. The number of amides is 2. The minimum absolute atomic E-state index is 0.207. The molecule has 0 bridgehead atoms. The number of rotatable bonds is 4. The van der Waals surface area contributed by atoms with Gasteiger partial charge < -0.3 is 9.73 Å². The number of nitrogens with one attached hydrogen (secondary N) is 2. The molecule has 116 valence electrons. The average molecular weight is 327 g/mol. The highest BCUT2D eigenvalue weighted by Gasteiger charge is 2.12. The van der Waals surface area contributed by atoms with Gasteiger partial charge in [-0.3, -0.25) is 14.9 Å². The van der Waals surface area contributed by atoms with Gasteiger partial charge in [0.2, 0.25) is 0 Å². The molecule has 6 nitrogen and oxygen atoms in total. The Balaban J connectivity index is 1.71. The van der Waals surface area contributed by atoms with Crippen LogP contribution in [0.15, 0.2) is 52.5 Å². The predicted molar refractivity (Wildman–Crippen MR) is 87.9 cm³/mol. The summed E-state index contributed by atoms with van der Waals surface area (Å²) in [5.41, 5.74) is 1.79. The first-order valence-corrected chi connectivity index (χ1v) is 7.68. The van der Waals surface area contributed by atoms with Crippen LogP contribution < -0.4 is 10.6 Å². The summed E-state index contributed by atoms with van der Waals surface area (Å²) in [6, 6.07) is 9.85. The maximum absolute atomic E-state index is 12.2. The highest BCUT2D eigenvalue weighted by atomic mass is 32.1. The number of hydrogen-bond donors (Lipinski definition) is 2. The molecule has 0 atom stereocenters. The fourth-order valence-corrected chi connectivity index (χ4v) is 2.60. The lowest BCUT2D eigenvalue weighted by molar-refractivity contribution is 0.0993. The topological polar surface area (TPSA) is 84.2 Å². The Morgan fingerprint density at radius 1 is 1.13 bits per heavy atom. The molecular weight excluding hydrogens is 314 g/mol. The van der Waals surface area contributed by atoms with Crippen molar-refractivity contribution in [3.63, 3.8) is 0 Å². The van der Waals surface area contributed by atoms with Gasteiger partial charge in [0, 0.05) is 16.6 Å². The van der Waals surface area contributed by atoms with Gasteiger partial charge in [-0.2, -0.15) is 0 Å². The molecule has 0 unspecified atom stereocenters. The van der Waals surface area contributed by atoms with Crippen molar-refractivity contribution in [3.05, 3.63) is 65.1 Å². The first-order valence-electron chi connectivity index (χ1n) is 6.80. The quantitative estimate of drug-likeness (QED) is 0.767. The van der Waals surface area contributed by atoms with Gasteiger partial charge in [-0.05, 0) is 37.3 Å². The van der Waals surface area contributed by atoms with Crippen LogP contribution in [-0.4, -0.2) is 16.8 Å². The number of thiazole rings is 1. The molecule has 2 N–H and O–H groups in total. The largest absolute Gasteiger partial charge is 0.459 e. The molecular formula is C16H13N3O3S. The molecule has 2 aromatic heterocycles. The first kappa shape index (κ1) is 15.0. The second kappa shape index (κ2) is 6.45. The van der Waals surface area contributed by atoms with Gasteiger partial charge in [0.25, 0.3) is 11.8 Å². The van der Waals surface area contributed by atoms with Crippen LogP contribution in [0.1, 0.15) is 26.6 Å². The van der Waals surface area contributed by atoms with E-state index in [9.17, 15) is 9.59 Å². The van der Waals surface area contributed by atoms with E-state index in [1.807, 2.05) is 12.3 Å². The van der Waals surface area contributed by atoms with Crippen LogP contribution in [-0.2, 0) is 0 Å². The van der Waals surface area contributed by atoms with Crippen molar-refractivity contribution in [1.82, 2.24) is 4.98 Å². The third kappa shape index (κ3) is 3.64. The van der Waals surface area contributed by atoms with Crippen molar-refractivity contribution in [2.45, 2.75) is 6.92 Å². The fraction of sp³-hybridized carbons (Fsp3) is 0.0625. The molecule has 0 aliphatic rings. The van der Waals surface area contributed by atoms with E-state index in [0.29, 0.717) is 16.4 Å².